The van der Waals surface area contributed by atoms with Gasteiger partial charge in [0.05, 0.1) is 0 Å². The first-order valence-electron chi connectivity index (χ1n) is 6.66. The highest BCUT2D eigenvalue weighted by molar-refractivity contribution is 6.24. The van der Waals surface area contributed by atoms with Crippen molar-refractivity contribution in [3.05, 3.63) is 41.5 Å². The lowest BCUT2D eigenvalue weighted by molar-refractivity contribution is -0.144. The summed E-state index contributed by atoms with van der Waals surface area (Å²) in [7, 11) is 0. The Morgan fingerprint density at radius 2 is 1.95 bits per heavy atom. The van der Waals surface area contributed by atoms with Crippen molar-refractivity contribution in [2.75, 3.05) is 0 Å². The number of carbonyl (C=O) groups is 2. The lowest BCUT2D eigenvalue weighted by atomic mass is 9.99. The number of allylic oxidation sites excluding steroid dienone is 1. The van der Waals surface area contributed by atoms with E-state index in [-0.39, 0.29) is 23.8 Å². The minimum absolute atomic E-state index is 0.183. The summed E-state index contributed by atoms with van der Waals surface area (Å²) in [5.74, 6) is 0.181. The van der Waals surface area contributed by atoms with Crippen LogP contribution in [-0.2, 0) is 14.3 Å². The maximum atomic E-state index is 12.2. The van der Waals surface area contributed by atoms with Gasteiger partial charge in [0.25, 0.3) is 0 Å². The molecule has 3 rings (SSSR count). The van der Waals surface area contributed by atoms with Gasteiger partial charge in [-0.3, -0.25) is 9.59 Å². The molecule has 0 N–H and O–H groups in total. The third kappa shape index (κ3) is 2.09. The molecule has 2 aliphatic carbocycles. The first kappa shape index (κ1) is 12.2. The van der Waals surface area contributed by atoms with E-state index in [1.54, 1.807) is 0 Å². The number of hydrogen-bond acceptors (Lipinski definition) is 3. The van der Waals surface area contributed by atoms with Gasteiger partial charge in [0.15, 0.2) is 5.78 Å². The Hall–Kier alpha value is -1.90. The van der Waals surface area contributed by atoms with Gasteiger partial charge in [-0.05, 0) is 29.9 Å². The van der Waals surface area contributed by atoms with Crippen molar-refractivity contribution in [2.45, 2.75) is 32.3 Å². The van der Waals surface area contributed by atoms with Gasteiger partial charge in [-0.1, -0.05) is 30.3 Å². The van der Waals surface area contributed by atoms with E-state index in [0.717, 1.165) is 29.6 Å². The number of benzene rings is 1. The monoisotopic (exact) mass is 256 g/mol. The van der Waals surface area contributed by atoms with Crippen LogP contribution in [0.15, 0.2) is 35.9 Å². The largest absolute Gasteiger partial charge is 0.458 e. The van der Waals surface area contributed by atoms with E-state index in [2.05, 4.69) is 0 Å². The van der Waals surface area contributed by atoms with Crippen molar-refractivity contribution in [3.63, 3.8) is 0 Å². The van der Waals surface area contributed by atoms with Crippen molar-refractivity contribution < 1.29 is 14.3 Å². The molecule has 1 aromatic carbocycles. The summed E-state index contributed by atoms with van der Waals surface area (Å²) in [5, 5.41) is 0. The molecule has 98 valence electrons. The molecule has 0 amide bonds. The van der Waals surface area contributed by atoms with Crippen LogP contribution < -0.4 is 0 Å². The van der Waals surface area contributed by atoms with Gasteiger partial charge in [-0.15, -0.1) is 0 Å². The number of hydrogen-bond donors (Lipinski definition) is 0. The second kappa shape index (κ2) is 4.65. The summed E-state index contributed by atoms with van der Waals surface area (Å²) in [4.78, 5) is 23.4. The van der Waals surface area contributed by atoms with E-state index in [1.165, 1.54) is 6.92 Å². The fraction of sp³-hybridized carbons (Fsp3) is 0.375. The van der Waals surface area contributed by atoms with E-state index in [0.29, 0.717) is 6.42 Å². The smallest absolute Gasteiger partial charge is 0.303 e. The molecule has 3 nitrogen and oxygen atoms in total. The zero-order chi connectivity index (χ0) is 13.4. The minimum atomic E-state index is -0.273. The molecule has 0 bridgehead atoms. The third-order valence-corrected chi connectivity index (χ3v) is 3.93. The van der Waals surface area contributed by atoms with Crippen LogP contribution in [0.3, 0.4) is 0 Å². The molecule has 19 heavy (non-hydrogen) atoms. The topological polar surface area (TPSA) is 43.4 Å². The highest BCUT2D eigenvalue weighted by atomic mass is 16.5. The molecule has 0 heterocycles. The molecule has 0 radical (unpaired) electrons. The molecular weight excluding hydrogens is 240 g/mol. The lowest BCUT2D eigenvalue weighted by Crippen LogP contribution is -2.15. The number of esters is 1. The highest BCUT2D eigenvalue weighted by Crippen LogP contribution is 2.46. The van der Waals surface area contributed by atoms with E-state index in [9.17, 15) is 9.59 Å². The molecule has 2 unspecified atom stereocenters. The predicted molar refractivity (Wildman–Crippen MR) is 71.3 cm³/mol. The first-order valence-corrected chi connectivity index (χ1v) is 6.66. The molecule has 0 aromatic heterocycles. The summed E-state index contributed by atoms with van der Waals surface area (Å²) >= 11 is 0. The van der Waals surface area contributed by atoms with E-state index in [1.807, 2.05) is 30.3 Å². The van der Waals surface area contributed by atoms with Crippen molar-refractivity contribution in [1.82, 2.24) is 0 Å². The molecule has 1 saturated carbocycles. The van der Waals surface area contributed by atoms with Crippen LogP contribution in [-0.4, -0.2) is 17.9 Å². The van der Waals surface area contributed by atoms with Crippen molar-refractivity contribution >= 4 is 17.3 Å². The van der Waals surface area contributed by atoms with Gasteiger partial charge in [0, 0.05) is 18.9 Å². The number of carbonyl (C=O) groups excluding carboxylic acids is 2. The molecule has 0 saturated heterocycles. The van der Waals surface area contributed by atoms with Gasteiger partial charge >= 0.3 is 5.97 Å². The highest BCUT2D eigenvalue weighted by Gasteiger charge is 2.42. The Balaban J connectivity index is 2.05. The van der Waals surface area contributed by atoms with Gasteiger partial charge in [-0.2, -0.15) is 0 Å². The van der Waals surface area contributed by atoms with Crippen LogP contribution in [0.1, 0.15) is 31.7 Å². The van der Waals surface area contributed by atoms with E-state index in [4.69, 9.17) is 4.74 Å². The third-order valence-electron chi connectivity index (χ3n) is 3.93. The van der Waals surface area contributed by atoms with E-state index >= 15 is 0 Å². The van der Waals surface area contributed by atoms with Crippen LogP contribution >= 0.6 is 0 Å². The van der Waals surface area contributed by atoms with Gasteiger partial charge in [0.2, 0.25) is 0 Å². The van der Waals surface area contributed by atoms with Crippen LogP contribution in [0.2, 0.25) is 0 Å². The average molecular weight is 256 g/mol. The SMILES string of the molecule is CC(=O)OC1CCC2CC(=O)C(c3ccccc3)=C21. The standard InChI is InChI=1S/C16H16O3/c1-10(17)19-14-8-7-12-9-13(18)15(16(12)14)11-5-3-2-4-6-11/h2-6,12,14H,7-9H2,1H3. The first-order chi connectivity index (χ1) is 9.16. The molecule has 0 spiro atoms. The summed E-state index contributed by atoms with van der Waals surface area (Å²) in [5.41, 5.74) is 2.78. The van der Waals surface area contributed by atoms with Crippen LogP contribution in [0.25, 0.3) is 5.57 Å². The van der Waals surface area contributed by atoms with Crippen molar-refractivity contribution in [2.24, 2.45) is 5.92 Å². The summed E-state index contributed by atoms with van der Waals surface area (Å²) in [6, 6.07) is 9.69. The second-order valence-corrected chi connectivity index (χ2v) is 5.20. The molecule has 0 aliphatic heterocycles. The van der Waals surface area contributed by atoms with E-state index < -0.39 is 0 Å². The summed E-state index contributed by atoms with van der Waals surface area (Å²) in [6.07, 6.45) is 2.14. The fourth-order valence-corrected chi connectivity index (χ4v) is 3.25. The zero-order valence-corrected chi connectivity index (χ0v) is 10.9. The van der Waals surface area contributed by atoms with Gasteiger partial charge in [0.1, 0.15) is 6.10 Å². The Bertz CT molecular complexity index is 557. The zero-order valence-electron chi connectivity index (χ0n) is 10.9. The second-order valence-electron chi connectivity index (χ2n) is 5.20. The Morgan fingerprint density at radius 3 is 2.63 bits per heavy atom. The number of fused-ring (bicyclic) bond motifs is 1. The molecule has 1 aromatic rings. The molecule has 1 fully saturated rings. The average Bonchev–Trinajstić information content (AvgIpc) is 2.89. The maximum Gasteiger partial charge on any atom is 0.303 e. The molecular formula is C16H16O3. The Morgan fingerprint density at radius 1 is 1.21 bits per heavy atom. The molecule has 2 aliphatic rings. The number of ketones is 1. The normalized spacial score (nSPS) is 25.6. The summed E-state index contributed by atoms with van der Waals surface area (Å²) in [6.45, 7) is 1.42. The summed E-state index contributed by atoms with van der Waals surface area (Å²) < 4.78 is 5.38. The van der Waals surface area contributed by atoms with Crippen LogP contribution in [0, 0.1) is 5.92 Å². The molecule has 2 atom stereocenters. The number of Topliss-reactive ketones (excluding diaryl/α,β-unsaturated/α-hetero) is 1. The number of ether oxygens (including phenoxy) is 1. The maximum absolute atomic E-state index is 12.2. The van der Waals surface area contributed by atoms with Gasteiger partial charge < -0.3 is 4.74 Å². The fourth-order valence-electron chi connectivity index (χ4n) is 3.25. The van der Waals surface area contributed by atoms with Crippen LogP contribution in [0.5, 0.6) is 0 Å². The predicted octanol–water partition coefficient (Wildman–Crippen LogP) is 2.75. The minimum Gasteiger partial charge on any atom is -0.458 e. The number of rotatable bonds is 2. The Kier molecular flexibility index (Phi) is 2.97. The van der Waals surface area contributed by atoms with Crippen molar-refractivity contribution in [3.8, 4) is 0 Å². The molecule has 3 heteroatoms. The Labute approximate surface area is 112 Å². The van der Waals surface area contributed by atoms with Crippen LogP contribution in [0.4, 0.5) is 0 Å². The van der Waals surface area contributed by atoms with Crippen molar-refractivity contribution in [1.29, 1.82) is 0 Å². The quantitative estimate of drug-likeness (QED) is 0.764. The lowest BCUT2D eigenvalue weighted by Gasteiger charge is -2.14. The van der Waals surface area contributed by atoms with Gasteiger partial charge in [-0.25, -0.2) is 0 Å².